The molecule has 0 saturated heterocycles. The van der Waals surface area contributed by atoms with Crippen LogP contribution < -0.4 is 0 Å². The summed E-state index contributed by atoms with van der Waals surface area (Å²) in [5.41, 5.74) is 2.06. The van der Waals surface area contributed by atoms with Gasteiger partial charge in [-0.05, 0) is 22.9 Å². The van der Waals surface area contributed by atoms with E-state index in [0.717, 1.165) is 16.3 Å². The lowest BCUT2D eigenvalue weighted by molar-refractivity contribution is 0.0445. The molecule has 0 spiro atoms. The number of fused-ring (bicyclic) bond motifs is 3. The molecule has 0 saturated carbocycles. The molecule has 0 bridgehead atoms. The van der Waals surface area contributed by atoms with Gasteiger partial charge in [0.25, 0.3) is 0 Å². The summed E-state index contributed by atoms with van der Waals surface area (Å²) in [4.78, 5) is 23.9. The average molecular weight is 264 g/mol. The minimum absolute atomic E-state index is 0.315. The number of ether oxygens (including phenoxy) is 1. The van der Waals surface area contributed by atoms with Crippen molar-refractivity contribution in [2.45, 2.75) is 0 Å². The molecule has 0 N–H and O–H groups in total. The summed E-state index contributed by atoms with van der Waals surface area (Å²) in [5.74, 6) is -1.20. The number of furan rings is 1. The molecule has 0 atom stereocenters. The van der Waals surface area contributed by atoms with Crippen LogP contribution in [0.4, 0.5) is 0 Å². The van der Waals surface area contributed by atoms with Crippen LogP contribution in [0.3, 0.4) is 0 Å². The van der Waals surface area contributed by atoms with Crippen LogP contribution in [-0.4, -0.2) is 11.9 Å². The second-order valence-corrected chi connectivity index (χ2v) is 4.58. The lowest BCUT2D eigenvalue weighted by Crippen LogP contribution is -1.98. The number of carbonyl (C=O) groups is 2. The topological polar surface area (TPSA) is 56.5 Å². The summed E-state index contributed by atoms with van der Waals surface area (Å²) in [7, 11) is 0. The lowest BCUT2D eigenvalue weighted by Gasteiger charge is -2.06. The summed E-state index contributed by atoms with van der Waals surface area (Å²) in [6.07, 6.45) is 3.07. The van der Waals surface area contributed by atoms with Crippen LogP contribution in [0.2, 0.25) is 0 Å². The van der Waals surface area contributed by atoms with Crippen molar-refractivity contribution >= 4 is 22.7 Å². The van der Waals surface area contributed by atoms with Crippen molar-refractivity contribution in [1.29, 1.82) is 0 Å². The van der Waals surface area contributed by atoms with Crippen LogP contribution in [-0.2, 0) is 4.74 Å². The van der Waals surface area contributed by atoms with Gasteiger partial charge in [0.2, 0.25) is 0 Å². The van der Waals surface area contributed by atoms with Gasteiger partial charge in [-0.2, -0.15) is 0 Å². The normalized spacial score (nSPS) is 13.6. The smallest absolute Gasteiger partial charge is 0.347 e. The van der Waals surface area contributed by atoms with Crippen LogP contribution in [0, 0.1) is 0 Å². The van der Waals surface area contributed by atoms with E-state index >= 15 is 0 Å². The van der Waals surface area contributed by atoms with Crippen LogP contribution in [0.1, 0.15) is 20.7 Å². The third-order valence-corrected chi connectivity index (χ3v) is 3.48. The second-order valence-electron chi connectivity index (χ2n) is 4.58. The Morgan fingerprint density at radius 3 is 2.50 bits per heavy atom. The number of carbonyl (C=O) groups excluding carboxylic acids is 2. The molecule has 0 unspecified atom stereocenters. The van der Waals surface area contributed by atoms with Crippen LogP contribution in [0.5, 0.6) is 0 Å². The summed E-state index contributed by atoms with van der Waals surface area (Å²) in [6, 6.07) is 11.0. The standard InChI is InChI=1S/C16H8O4/c17-15-13-11-4-2-1-3-9(11)7-12(10-5-6-19-8-10)14(13)16(18)20-15/h1-8H. The summed E-state index contributed by atoms with van der Waals surface area (Å²) in [5, 5.41) is 1.61. The first-order valence-corrected chi connectivity index (χ1v) is 6.10. The van der Waals surface area contributed by atoms with Gasteiger partial charge in [-0.25, -0.2) is 9.59 Å². The van der Waals surface area contributed by atoms with E-state index in [2.05, 4.69) is 0 Å². The number of esters is 2. The van der Waals surface area contributed by atoms with E-state index in [-0.39, 0.29) is 0 Å². The highest BCUT2D eigenvalue weighted by Crippen LogP contribution is 2.37. The Bertz CT molecular complexity index is 860. The zero-order chi connectivity index (χ0) is 13.7. The van der Waals surface area contributed by atoms with Gasteiger partial charge in [0, 0.05) is 11.1 Å². The van der Waals surface area contributed by atoms with E-state index in [4.69, 9.17) is 9.15 Å². The Kier molecular flexibility index (Phi) is 2.09. The van der Waals surface area contributed by atoms with Crippen LogP contribution >= 0.6 is 0 Å². The highest BCUT2D eigenvalue weighted by atomic mass is 16.6. The molecular formula is C16H8O4. The Morgan fingerprint density at radius 2 is 1.70 bits per heavy atom. The van der Waals surface area contributed by atoms with Crippen molar-refractivity contribution in [1.82, 2.24) is 0 Å². The fourth-order valence-corrected chi connectivity index (χ4v) is 2.60. The molecular weight excluding hydrogens is 256 g/mol. The van der Waals surface area contributed by atoms with Crippen molar-refractivity contribution in [3.63, 3.8) is 0 Å². The molecule has 0 fully saturated rings. The average Bonchev–Trinajstić information content (AvgIpc) is 3.07. The molecule has 1 aromatic heterocycles. The van der Waals surface area contributed by atoms with Crippen LogP contribution in [0.25, 0.3) is 21.9 Å². The monoisotopic (exact) mass is 264 g/mol. The number of cyclic esters (lactones) is 2. The van der Waals surface area contributed by atoms with Crippen molar-refractivity contribution < 1.29 is 18.7 Å². The molecule has 0 amide bonds. The molecule has 2 heterocycles. The number of rotatable bonds is 1. The molecule has 20 heavy (non-hydrogen) atoms. The maximum Gasteiger partial charge on any atom is 0.347 e. The number of benzene rings is 2. The Morgan fingerprint density at radius 1 is 0.900 bits per heavy atom. The predicted molar refractivity (Wildman–Crippen MR) is 71.4 cm³/mol. The SMILES string of the molecule is O=C1OC(=O)c2c1c(-c1ccoc1)cc1ccccc21. The minimum atomic E-state index is -0.605. The minimum Gasteiger partial charge on any atom is -0.472 e. The first-order chi connectivity index (χ1) is 9.75. The van der Waals surface area contributed by atoms with E-state index in [1.54, 1.807) is 12.3 Å². The first-order valence-electron chi connectivity index (χ1n) is 6.10. The predicted octanol–water partition coefficient (Wildman–Crippen LogP) is 3.41. The van der Waals surface area contributed by atoms with E-state index < -0.39 is 11.9 Å². The maximum atomic E-state index is 12.0. The maximum absolute atomic E-state index is 12.0. The van der Waals surface area contributed by atoms with Crippen molar-refractivity contribution in [2.24, 2.45) is 0 Å². The fourth-order valence-electron chi connectivity index (χ4n) is 2.60. The molecule has 0 radical (unpaired) electrons. The van der Waals surface area contributed by atoms with Gasteiger partial charge in [-0.15, -0.1) is 0 Å². The number of hydrogen-bond acceptors (Lipinski definition) is 4. The van der Waals surface area contributed by atoms with Gasteiger partial charge in [-0.3, -0.25) is 0 Å². The van der Waals surface area contributed by atoms with Gasteiger partial charge in [0.1, 0.15) is 0 Å². The highest BCUT2D eigenvalue weighted by Gasteiger charge is 2.34. The molecule has 4 heteroatoms. The molecule has 1 aliphatic rings. The largest absolute Gasteiger partial charge is 0.472 e. The van der Waals surface area contributed by atoms with E-state index in [1.807, 2.05) is 30.3 Å². The summed E-state index contributed by atoms with van der Waals surface area (Å²) < 4.78 is 9.84. The fraction of sp³-hybridized carbons (Fsp3) is 0. The van der Waals surface area contributed by atoms with E-state index in [1.165, 1.54) is 6.26 Å². The first kappa shape index (κ1) is 11.0. The third kappa shape index (κ3) is 1.36. The lowest BCUT2D eigenvalue weighted by atomic mass is 9.92. The van der Waals surface area contributed by atoms with E-state index in [0.29, 0.717) is 16.7 Å². The molecule has 1 aliphatic heterocycles. The molecule has 2 aromatic carbocycles. The van der Waals surface area contributed by atoms with Crippen LogP contribution in [0.15, 0.2) is 53.3 Å². The van der Waals surface area contributed by atoms with Gasteiger partial charge in [0.15, 0.2) is 0 Å². The molecule has 96 valence electrons. The van der Waals surface area contributed by atoms with Gasteiger partial charge in [-0.1, -0.05) is 24.3 Å². The van der Waals surface area contributed by atoms with Gasteiger partial charge >= 0.3 is 11.9 Å². The Hall–Kier alpha value is -2.88. The quantitative estimate of drug-likeness (QED) is 0.499. The van der Waals surface area contributed by atoms with Crippen molar-refractivity contribution in [3.05, 3.63) is 60.1 Å². The molecule has 4 nitrogen and oxygen atoms in total. The van der Waals surface area contributed by atoms with E-state index in [9.17, 15) is 9.59 Å². The summed E-state index contributed by atoms with van der Waals surface area (Å²) in [6.45, 7) is 0. The summed E-state index contributed by atoms with van der Waals surface area (Å²) >= 11 is 0. The zero-order valence-electron chi connectivity index (χ0n) is 10.3. The molecule has 4 rings (SSSR count). The van der Waals surface area contributed by atoms with Gasteiger partial charge < -0.3 is 9.15 Å². The molecule has 0 aliphatic carbocycles. The zero-order valence-corrected chi connectivity index (χ0v) is 10.3. The Labute approximate surface area is 113 Å². The number of hydrogen-bond donors (Lipinski definition) is 0. The highest BCUT2D eigenvalue weighted by molar-refractivity contribution is 6.24. The second kappa shape index (κ2) is 3.81. The third-order valence-electron chi connectivity index (χ3n) is 3.48. The van der Waals surface area contributed by atoms with Gasteiger partial charge in [0.05, 0.1) is 23.7 Å². The molecule has 3 aromatic rings. The van der Waals surface area contributed by atoms with Crippen molar-refractivity contribution in [2.75, 3.05) is 0 Å². The Balaban J connectivity index is 2.19. The van der Waals surface area contributed by atoms with Crippen molar-refractivity contribution in [3.8, 4) is 11.1 Å².